The molecule has 5 nitrogen and oxygen atoms in total. The van der Waals surface area contributed by atoms with E-state index in [-0.39, 0.29) is 13.0 Å². The Labute approximate surface area is 154 Å². The first kappa shape index (κ1) is 17.6. The van der Waals surface area contributed by atoms with Crippen LogP contribution in [0.1, 0.15) is 34.9 Å². The molecule has 0 aromatic carbocycles. The van der Waals surface area contributed by atoms with Crippen molar-refractivity contribution < 1.29 is 14.3 Å². The fourth-order valence-electron chi connectivity index (χ4n) is 2.88. The number of hydrogen-bond donors (Lipinski definition) is 1. The van der Waals surface area contributed by atoms with Crippen LogP contribution in [0.15, 0.2) is 16.8 Å². The summed E-state index contributed by atoms with van der Waals surface area (Å²) >= 11 is 2.97. The summed E-state index contributed by atoms with van der Waals surface area (Å²) in [5.41, 5.74) is 2.50. The second kappa shape index (κ2) is 7.81. The van der Waals surface area contributed by atoms with Crippen LogP contribution >= 0.6 is 22.7 Å². The number of hydrogen-bond acceptors (Lipinski definition) is 6. The van der Waals surface area contributed by atoms with Crippen molar-refractivity contribution in [1.82, 2.24) is 0 Å². The van der Waals surface area contributed by atoms with Crippen LogP contribution in [-0.2, 0) is 33.6 Å². The summed E-state index contributed by atoms with van der Waals surface area (Å²) in [7, 11) is 0. The number of carbonyl (C=O) groups is 2. The molecule has 0 fully saturated rings. The van der Waals surface area contributed by atoms with Gasteiger partial charge in [-0.25, -0.2) is 0 Å². The standard InChI is InChI=1S/C18H18N2O3S2/c1-11-2-3-13-14(8-19)18(25-15(13)6-11)20-16(21)9-23-17(22)7-12-4-5-24-10-12/h4-5,10-11H,2-3,6-7,9H2,1H3,(H,20,21). The average molecular weight is 374 g/mol. The zero-order valence-electron chi connectivity index (χ0n) is 13.8. The van der Waals surface area contributed by atoms with E-state index in [1.807, 2.05) is 16.8 Å². The lowest BCUT2D eigenvalue weighted by Crippen LogP contribution is -2.21. The van der Waals surface area contributed by atoms with Crippen molar-refractivity contribution in [2.45, 2.75) is 32.6 Å². The highest BCUT2D eigenvalue weighted by molar-refractivity contribution is 7.16. The number of nitrogens with one attached hydrogen (secondary N) is 1. The number of fused-ring (bicyclic) bond motifs is 1. The van der Waals surface area contributed by atoms with Gasteiger partial charge in [0, 0.05) is 4.88 Å². The number of ether oxygens (including phenoxy) is 1. The van der Waals surface area contributed by atoms with E-state index < -0.39 is 11.9 Å². The van der Waals surface area contributed by atoms with E-state index in [1.165, 1.54) is 27.6 Å². The minimum atomic E-state index is -0.437. The zero-order valence-corrected chi connectivity index (χ0v) is 15.5. The van der Waals surface area contributed by atoms with Crippen molar-refractivity contribution in [2.24, 2.45) is 5.92 Å². The van der Waals surface area contributed by atoms with Crippen molar-refractivity contribution in [3.8, 4) is 6.07 Å². The van der Waals surface area contributed by atoms with Gasteiger partial charge in [0.1, 0.15) is 11.1 Å². The minimum absolute atomic E-state index is 0.158. The minimum Gasteiger partial charge on any atom is -0.455 e. The fourth-order valence-corrected chi connectivity index (χ4v) is 4.92. The van der Waals surface area contributed by atoms with Crippen LogP contribution in [0.3, 0.4) is 0 Å². The third kappa shape index (κ3) is 4.27. The number of amides is 1. The molecule has 0 aliphatic heterocycles. The molecule has 2 aromatic rings. The molecule has 3 rings (SSSR count). The molecule has 1 atom stereocenters. The average Bonchev–Trinajstić information content (AvgIpc) is 3.19. The summed E-state index contributed by atoms with van der Waals surface area (Å²) < 4.78 is 5.02. The highest BCUT2D eigenvalue weighted by Gasteiger charge is 2.24. The summed E-state index contributed by atoms with van der Waals surface area (Å²) in [4.78, 5) is 25.0. The number of rotatable bonds is 5. The largest absolute Gasteiger partial charge is 0.455 e. The topological polar surface area (TPSA) is 79.2 Å². The molecule has 0 bridgehead atoms. The Morgan fingerprint density at radius 1 is 1.48 bits per heavy atom. The Morgan fingerprint density at radius 3 is 3.04 bits per heavy atom. The SMILES string of the molecule is CC1CCc2c(sc(NC(=O)COC(=O)Cc3ccsc3)c2C#N)C1. The van der Waals surface area contributed by atoms with Crippen LogP contribution in [0.4, 0.5) is 5.00 Å². The van der Waals surface area contributed by atoms with Crippen LogP contribution in [0.2, 0.25) is 0 Å². The summed E-state index contributed by atoms with van der Waals surface area (Å²) in [6, 6.07) is 4.06. The molecule has 1 aliphatic rings. The van der Waals surface area contributed by atoms with Crippen LogP contribution < -0.4 is 5.32 Å². The molecule has 0 saturated heterocycles. The van der Waals surface area contributed by atoms with Crippen molar-refractivity contribution in [2.75, 3.05) is 11.9 Å². The summed E-state index contributed by atoms with van der Waals surface area (Å²) in [6.45, 7) is 1.85. The molecule has 0 saturated carbocycles. The van der Waals surface area contributed by atoms with Gasteiger partial charge in [0.05, 0.1) is 12.0 Å². The lowest BCUT2D eigenvalue weighted by Gasteiger charge is -2.17. The molecule has 130 valence electrons. The lowest BCUT2D eigenvalue weighted by atomic mass is 9.89. The maximum atomic E-state index is 12.1. The van der Waals surface area contributed by atoms with E-state index in [0.29, 0.717) is 16.5 Å². The van der Waals surface area contributed by atoms with Crippen molar-refractivity contribution in [1.29, 1.82) is 5.26 Å². The van der Waals surface area contributed by atoms with Crippen molar-refractivity contribution >= 4 is 39.6 Å². The first-order valence-electron chi connectivity index (χ1n) is 8.08. The molecule has 1 aliphatic carbocycles. The number of carbonyl (C=O) groups excluding carboxylic acids is 2. The second-order valence-electron chi connectivity index (χ2n) is 6.18. The quantitative estimate of drug-likeness (QED) is 0.812. The van der Waals surface area contributed by atoms with Crippen LogP contribution in [0, 0.1) is 17.2 Å². The number of thiophene rings is 2. The lowest BCUT2D eigenvalue weighted by molar-refractivity contribution is -0.146. The molecular weight excluding hydrogens is 356 g/mol. The maximum Gasteiger partial charge on any atom is 0.310 e. The highest BCUT2D eigenvalue weighted by Crippen LogP contribution is 2.39. The molecule has 2 aromatic heterocycles. The predicted molar refractivity (Wildman–Crippen MR) is 97.8 cm³/mol. The fraction of sp³-hybridized carbons (Fsp3) is 0.389. The number of nitriles is 1. The number of anilines is 1. The van der Waals surface area contributed by atoms with Crippen LogP contribution in [0.25, 0.3) is 0 Å². The Hall–Kier alpha value is -2.17. The van der Waals surface area contributed by atoms with Gasteiger partial charge < -0.3 is 10.1 Å². The summed E-state index contributed by atoms with van der Waals surface area (Å²) in [6.07, 6.45) is 3.04. The Balaban J connectivity index is 1.58. The Kier molecular flexibility index (Phi) is 5.51. The maximum absolute atomic E-state index is 12.1. The molecule has 1 unspecified atom stereocenters. The van der Waals surface area contributed by atoms with E-state index in [4.69, 9.17) is 4.74 Å². The Bertz CT molecular complexity index is 818. The first-order chi connectivity index (χ1) is 12.1. The monoisotopic (exact) mass is 374 g/mol. The molecule has 0 spiro atoms. The van der Waals surface area contributed by atoms with Gasteiger partial charge in [-0.3, -0.25) is 9.59 Å². The smallest absolute Gasteiger partial charge is 0.310 e. The number of esters is 1. The van der Waals surface area contributed by atoms with Crippen molar-refractivity contribution in [3.63, 3.8) is 0 Å². The van der Waals surface area contributed by atoms with Crippen LogP contribution in [-0.4, -0.2) is 18.5 Å². The van der Waals surface area contributed by atoms with E-state index in [9.17, 15) is 14.9 Å². The van der Waals surface area contributed by atoms with Gasteiger partial charge in [-0.05, 0) is 53.1 Å². The first-order valence-corrected chi connectivity index (χ1v) is 9.84. The van der Waals surface area contributed by atoms with Gasteiger partial charge >= 0.3 is 5.97 Å². The van der Waals surface area contributed by atoms with E-state index >= 15 is 0 Å². The van der Waals surface area contributed by atoms with E-state index in [2.05, 4.69) is 18.3 Å². The second-order valence-corrected chi connectivity index (χ2v) is 8.07. The van der Waals surface area contributed by atoms with E-state index in [0.717, 1.165) is 30.4 Å². The van der Waals surface area contributed by atoms with Gasteiger partial charge in [0.15, 0.2) is 6.61 Å². The third-order valence-corrected chi connectivity index (χ3v) is 6.07. The van der Waals surface area contributed by atoms with Gasteiger partial charge in [-0.1, -0.05) is 6.92 Å². The predicted octanol–water partition coefficient (Wildman–Crippen LogP) is 3.53. The van der Waals surface area contributed by atoms with Crippen molar-refractivity contribution in [3.05, 3.63) is 38.4 Å². The zero-order chi connectivity index (χ0) is 17.8. The number of nitrogens with zero attached hydrogens (tertiary/aromatic N) is 1. The summed E-state index contributed by atoms with van der Waals surface area (Å²) in [5.74, 6) is -0.255. The summed E-state index contributed by atoms with van der Waals surface area (Å²) in [5, 5.41) is 16.5. The molecule has 25 heavy (non-hydrogen) atoms. The molecule has 2 heterocycles. The molecule has 0 radical (unpaired) electrons. The van der Waals surface area contributed by atoms with Gasteiger partial charge in [-0.2, -0.15) is 16.6 Å². The van der Waals surface area contributed by atoms with E-state index in [1.54, 1.807) is 0 Å². The highest BCUT2D eigenvalue weighted by atomic mass is 32.1. The third-order valence-electron chi connectivity index (χ3n) is 4.17. The van der Waals surface area contributed by atoms with Gasteiger partial charge in [0.25, 0.3) is 5.91 Å². The Morgan fingerprint density at radius 2 is 2.32 bits per heavy atom. The van der Waals surface area contributed by atoms with Gasteiger partial charge in [-0.15, -0.1) is 11.3 Å². The van der Waals surface area contributed by atoms with Gasteiger partial charge in [0.2, 0.25) is 0 Å². The molecule has 7 heteroatoms. The molecular formula is C18H18N2O3S2. The molecule has 1 N–H and O–H groups in total. The van der Waals surface area contributed by atoms with Crippen LogP contribution in [0.5, 0.6) is 0 Å². The molecule has 1 amide bonds. The normalized spacial score (nSPS) is 15.9.